The molecular formula is C20H14O. The summed E-state index contributed by atoms with van der Waals surface area (Å²) in [7, 11) is 0. The summed E-state index contributed by atoms with van der Waals surface area (Å²) in [5, 5.41) is 2.00. The van der Waals surface area contributed by atoms with Gasteiger partial charge in [-0.05, 0) is 41.8 Å². The maximum Gasteiger partial charge on any atom is 0.236 e. The largest absolute Gasteiger partial charge is 0.279 e. The van der Waals surface area contributed by atoms with Gasteiger partial charge in [0.05, 0.1) is 0 Å². The first-order valence-corrected chi connectivity index (χ1v) is 6.85. The molecule has 3 aromatic carbocycles. The molecule has 0 atom stereocenters. The van der Waals surface area contributed by atoms with E-state index in [2.05, 4.69) is 11.8 Å². The molecule has 3 rings (SSSR count). The molecule has 0 saturated heterocycles. The summed E-state index contributed by atoms with van der Waals surface area (Å²) in [6.07, 6.45) is 0. The van der Waals surface area contributed by atoms with Crippen LogP contribution < -0.4 is 0 Å². The van der Waals surface area contributed by atoms with Crippen LogP contribution in [0.3, 0.4) is 0 Å². The number of fused-ring (bicyclic) bond motifs is 1. The Balaban J connectivity index is 1.97. The van der Waals surface area contributed by atoms with Gasteiger partial charge in [-0.1, -0.05) is 60.0 Å². The van der Waals surface area contributed by atoms with Crippen LogP contribution in [0.2, 0.25) is 0 Å². The zero-order valence-electron chi connectivity index (χ0n) is 11.8. The third-order valence-electron chi connectivity index (χ3n) is 3.41. The lowest BCUT2D eigenvalue weighted by Crippen LogP contribution is -1.96. The summed E-state index contributed by atoms with van der Waals surface area (Å²) in [6, 6.07) is 21.4. The zero-order chi connectivity index (χ0) is 14.7. The molecule has 0 unspecified atom stereocenters. The van der Waals surface area contributed by atoms with Crippen molar-refractivity contribution in [3.63, 3.8) is 0 Å². The van der Waals surface area contributed by atoms with Crippen LogP contribution in [0.1, 0.15) is 21.5 Å². The highest BCUT2D eigenvalue weighted by Crippen LogP contribution is 2.18. The first-order valence-electron chi connectivity index (χ1n) is 6.85. The highest BCUT2D eigenvalue weighted by molar-refractivity contribution is 6.16. The third kappa shape index (κ3) is 2.85. The van der Waals surface area contributed by atoms with Crippen LogP contribution in [0, 0.1) is 18.8 Å². The summed E-state index contributed by atoms with van der Waals surface area (Å²) in [4.78, 5) is 12.3. The molecule has 21 heavy (non-hydrogen) atoms. The second-order valence-electron chi connectivity index (χ2n) is 4.97. The summed E-state index contributed by atoms with van der Waals surface area (Å²) < 4.78 is 0. The van der Waals surface area contributed by atoms with Crippen molar-refractivity contribution in [3.8, 4) is 11.8 Å². The van der Waals surface area contributed by atoms with E-state index in [1.807, 2.05) is 73.7 Å². The number of carbonyl (C=O) groups is 1. The Bertz CT molecular complexity index is 856. The molecule has 0 aliphatic rings. The Labute approximate surface area is 124 Å². The van der Waals surface area contributed by atoms with Crippen LogP contribution in [0.15, 0.2) is 66.7 Å². The van der Waals surface area contributed by atoms with E-state index in [1.54, 1.807) is 0 Å². The van der Waals surface area contributed by atoms with Crippen LogP contribution in [0.25, 0.3) is 10.8 Å². The van der Waals surface area contributed by atoms with Crippen LogP contribution in [0.5, 0.6) is 0 Å². The molecule has 0 N–H and O–H groups in total. The van der Waals surface area contributed by atoms with Gasteiger partial charge in [0, 0.05) is 11.1 Å². The molecule has 0 fully saturated rings. The molecule has 0 bridgehead atoms. The van der Waals surface area contributed by atoms with E-state index >= 15 is 0 Å². The van der Waals surface area contributed by atoms with Crippen molar-refractivity contribution in [3.05, 3.63) is 83.4 Å². The highest BCUT2D eigenvalue weighted by Gasteiger charge is 2.06. The molecule has 0 amide bonds. The summed E-state index contributed by atoms with van der Waals surface area (Å²) in [5.74, 6) is 5.53. The topological polar surface area (TPSA) is 17.1 Å². The predicted octanol–water partition coefficient (Wildman–Crippen LogP) is 4.38. The summed E-state index contributed by atoms with van der Waals surface area (Å²) in [5.41, 5.74) is 2.70. The number of benzene rings is 3. The van der Waals surface area contributed by atoms with E-state index in [0.717, 1.165) is 16.3 Å². The van der Waals surface area contributed by atoms with Crippen molar-refractivity contribution in [1.29, 1.82) is 0 Å². The molecule has 0 aliphatic carbocycles. The number of Topliss-reactive ketones (excluding diaryl/α,β-unsaturated/α-hetero) is 1. The Morgan fingerprint density at radius 2 is 1.57 bits per heavy atom. The van der Waals surface area contributed by atoms with Crippen molar-refractivity contribution >= 4 is 16.6 Å². The first-order chi connectivity index (χ1) is 10.2. The normalized spacial score (nSPS) is 9.95. The fourth-order valence-corrected chi connectivity index (χ4v) is 2.26. The average Bonchev–Trinajstić information content (AvgIpc) is 2.53. The van der Waals surface area contributed by atoms with Crippen LogP contribution in [-0.2, 0) is 0 Å². The quantitative estimate of drug-likeness (QED) is 0.473. The van der Waals surface area contributed by atoms with E-state index < -0.39 is 0 Å². The number of hydrogen-bond acceptors (Lipinski definition) is 1. The van der Waals surface area contributed by atoms with Gasteiger partial charge < -0.3 is 0 Å². The molecule has 3 aromatic rings. The minimum absolute atomic E-state index is 0.146. The number of hydrogen-bond donors (Lipinski definition) is 0. The SMILES string of the molecule is Cc1ccc(C#CC(=O)c2cccc3ccccc23)cc1. The van der Waals surface area contributed by atoms with Crippen LogP contribution in [0.4, 0.5) is 0 Å². The van der Waals surface area contributed by atoms with Crippen molar-refractivity contribution in [2.24, 2.45) is 0 Å². The minimum Gasteiger partial charge on any atom is -0.279 e. The van der Waals surface area contributed by atoms with Crippen molar-refractivity contribution in [1.82, 2.24) is 0 Å². The standard InChI is InChI=1S/C20H14O/c1-15-9-11-16(12-10-15)13-14-20(21)19-8-4-6-17-5-2-3-7-18(17)19/h2-12H,1H3. The fourth-order valence-electron chi connectivity index (χ4n) is 2.26. The number of aryl methyl sites for hydroxylation is 1. The lowest BCUT2D eigenvalue weighted by Gasteiger charge is -2.01. The Morgan fingerprint density at radius 1 is 0.857 bits per heavy atom. The molecule has 0 aliphatic heterocycles. The lowest BCUT2D eigenvalue weighted by molar-refractivity contribution is 0.105. The van der Waals surface area contributed by atoms with E-state index in [9.17, 15) is 4.79 Å². The third-order valence-corrected chi connectivity index (χ3v) is 3.41. The Kier molecular flexibility index (Phi) is 3.53. The number of ketones is 1. The Morgan fingerprint density at radius 3 is 2.38 bits per heavy atom. The monoisotopic (exact) mass is 270 g/mol. The number of rotatable bonds is 1. The second-order valence-corrected chi connectivity index (χ2v) is 4.97. The maximum atomic E-state index is 12.3. The molecule has 0 saturated carbocycles. The Hall–Kier alpha value is -2.85. The van der Waals surface area contributed by atoms with Gasteiger partial charge in [0.1, 0.15) is 0 Å². The smallest absolute Gasteiger partial charge is 0.236 e. The summed E-state index contributed by atoms with van der Waals surface area (Å²) in [6.45, 7) is 2.03. The van der Waals surface area contributed by atoms with Gasteiger partial charge in [-0.2, -0.15) is 0 Å². The van der Waals surface area contributed by atoms with Crippen molar-refractivity contribution in [2.75, 3.05) is 0 Å². The molecule has 0 heterocycles. The second kappa shape index (κ2) is 5.64. The highest BCUT2D eigenvalue weighted by atomic mass is 16.1. The minimum atomic E-state index is -0.146. The fraction of sp³-hybridized carbons (Fsp3) is 0.0500. The predicted molar refractivity (Wildman–Crippen MR) is 86.3 cm³/mol. The molecule has 100 valence electrons. The van der Waals surface area contributed by atoms with Gasteiger partial charge in [-0.25, -0.2) is 0 Å². The van der Waals surface area contributed by atoms with Crippen LogP contribution >= 0.6 is 0 Å². The summed E-state index contributed by atoms with van der Waals surface area (Å²) >= 11 is 0. The van der Waals surface area contributed by atoms with Gasteiger partial charge in [-0.3, -0.25) is 4.79 Å². The molecule has 0 aromatic heterocycles. The van der Waals surface area contributed by atoms with Crippen LogP contribution in [-0.4, -0.2) is 5.78 Å². The van der Waals surface area contributed by atoms with Gasteiger partial charge >= 0.3 is 0 Å². The van der Waals surface area contributed by atoms with E-state index in [4.69, 9.17) is 0 Å². The molecule has 0 spiro atoms. The first kappa shape index (κ1) is 13.1. The van der Waals surface area contributed by atoms with E-state index in [1.165, 1.54) is 5.56 Å². The van der Waals surface area contributed by atoms with Gasteiger partial charge in [0.2, 0.25) is 5.78 Å². The van der Waals surface area contributed by atoms with E-state index in [-0.39, 0.29) is 5.78 Å². The van der Waals surface area contributed by atoms with E-state index in [0.29, 0.717) is 5.56 Å². The van der Waals surface area contributed by atoms with Gasteiger partial charge in [0.15, 0.2) is 0 Å². The van der Waals surface area contributed by atoms with Gasteiger partial charge in [0.25, 0.3) is 0 Å². The van der Waals surface area contributed by atoms with Gasteiger partial charge in [-0.15, -0.1) is 0 Å². The number of carbonyl (C=O) groups excluding carboxylic acids is 1. The lowest BCUT2D eigenvalue weighted by atomic mass is 10.0. The van der Waals surface area contributed by atoms with Crippen molar-refractivity contribution in [2.45, 2.75) is 6.92 Å². The zero-order valence-corrected chi connectivity index (χ0v) is 11.8. The molecule has 1 heteroatoms. The van der Waals surface area contributed by atoms with Crippen molar-refractivity contribution < 1.29 is 4.79 Å². The molecule has 1 nitrogen and oxygen atoms in total. The maximum absolute atomic E-state index is 12.3. The average molecular weight is 270 g/mol. The molecular weight excluding hydrogens is 256 g/mol. The molecule has 0 radical (unpaired) electrons.